The van der Waals surface area contributed by atoms with Gasteiger partial charge in [0, 0.05) is 25.3 Å². The third-order valence-corrected chi connectivity index (χ3v) is 4.79. The Morgan fingerprint density at radius 3 is 2.88 bits per heavy atom. The number of rotatable bonds is 4. The summed E-state index contributed by atoms with van der Waals surface area (Å²) in [5.74, 6) is 2.52. The molecule has 7 heteroatoms. The second kappa shape index (κ2) is 6.84. The van der Waals surface area contributed by atoms with Gasteiger partial charge in [-0.25, -0.2) is 0 Å². The first-order valence-corrected chi connectivity index (χ1v) is 8.73. The van der Waals surface area contributed by atoms with Crippen LogP contribution in [0.25, 0.3) is 0 Å². The molecule has 1 atom stereocenters. The molecule has 1 saturated heterocycles. The highest BCUT2D eigenvalue weighted by Crippen LogP contribution is 2.19. The van der Waals surface area contributed by atoms with E-state index in [-0.39, 0.29) is 12.0 Å². The summed E-state index contributed by atoms with van der Waals surface area (Å²) in [7, 11) is 0. The number of ether oxygens (including phenoxy) is 2. The van der Waals surface area contributed by atoms with Crippen molar-refractivity contribution in [1.29, 1.82) is 0 Å². The molecular formula is C18H22N4O3. The standard InChI is InChI=1S/C18H22N4O3/c1-13-19-20-17-11-21(8-9-22(13)17)18(23)14-4-6-15(7-5-14)25-12-16-3-2-10-24-16/h4-7,16H,2-3,8-12H2,1H3/t16-/m0/s1. The van der Waals surface area contributed by atoms with Gasteiger partial charge in [0.1, 0.15) is 18.2 Å². The number of hydrogen-bond acceptors (Lipinski definition) is 5. The van der Waals surface area contributed by atoms with Crippen molar-refractivity contribution in [2.24, 2.45) is 0 Å². The lowest BCUT2D eigenvalue weighted by molar-refractivity contribution is 0.0677. The summed E-state index contributed by atoms with van der Waals surface area (Å²) in [6, 6.07) is 7.33. The van der Waals surface area contributed by atoms with Crippen LogP contribution in [-0.2, 0) is 17.8 Å². The van der Waals surface area contributed by atoms with Gasteiger partial charge in [-0.05, 0) is 44.0 Å². The molecule has 0 aliphatic carbocycles. The van der Waals surface area contributed by atoms with E-state index in [1.54, 1.807) is 0 Å². The molecule has 1 aromatic heterocycles. The second-order valence-corrected chi connectivity index (χ2v) is 6.51. The Hall–Kier alpha value is -2.41. The van der Waals surface area contributed by atoms with Crippen molar-refractivity contribution in [3.8, 4) is 5.75 Å². The lowest BCUT2D eigenvalue weighted by atomic mass is 10.1. The van der Waals surface area contributed by atoms with E-state index in [0.29, 0.717) is 25.3 Å². The number of hydrogen-bond donors (Lipinski definition) is 0. The van der Waals surface area contributed by atoms with Crippen LogP contribution in [-0.4, -0.2) is 51.4 Å². The van der Waals surface area contributed by atoms with E-state index in [0.717, 1.165) is 43.4 Å². The summed E-state index contributed by atoms with van der Waals surface area (Å²) in [4.78, 5) is 14.5. The van der Waals surface area contributed by atoms with Gasteiger partial charge in [-0.3, -0.25) is 4.79 Å². The lowest BCUT2D eigenvalue weighted by Crippen LogP contribution is -2.38. The topological polar surface area (TPSA) is 69.5 Å². The van der Waals surface area contributed by atoms with Crippen molar-refractivity contribution in [1.82, 2.24) is 19.7 Å². The maximum atomic E-state index is 12.7. The molecule has 4 rings (SSSR count). The molecule has 3 heterocycles. The molecule has 2 aliphatic heterocycles. The average molecular weight is 342 g/mol. The molecule has 2 aliphatic rings. The zero-order valence-electron chi connectivity index (χ0n) is 14.4. The molecule has 0 saturated carbocycles. The van der Waals surface area contributed by atoms with E-state index in [9.17, 15) is 4.79 Å². The maximum Gasteiger partial charge on any atom is 0.254 e. The van der Waals surface area contributed by atoms with Crippen molar-refractivity contribution >= 4 is 5.91 Å². The van der Waals surface area contributed by atoms with Crippen LogP contribution in [0, 0.1) is 6.92 Å². The summed E-state index contributed by atoms with van der Waals surface area (Å²) < 4.78 is 13.4. The van der Waals surface area contributed by atoms with Gasteiger partial charge in [0.2, 0.25) is 0 Å². The summed E-state index contributed by atoms with van der Waals surface area (Å²) in [5, 5.41) is 8.22. The second-order valence-electron chi connectivity index (χ2n) is 6.51. The molecule has 0 N–H and O–H groups in total. The highest BCUT2D eigenvalue weighted by Gasteiger charge is 2.24. The third kappa shape index (κ3) is 3.37. The van der Waals surface area contributed by atoms with Crippen LogP contribution in [0.1, 0.15) is 34.8 Å². The summed E-state index contributed by atoms with van der Waals surface area (Å²) in [5.41, 5.74) is 0.661. The van der Waals surface area contributed by atoms with Crippen LogP contribution < -0.4 is 4.74 Å². The molecule has 132 valence electrons. The lowest BCUT2D eigenvalue weighted by Gasteiger charge is -2.27. The van der Waals surface area contributed by atoms with Crippen molar-refractivity contribution in [3.63, 3.8) is 0 Å². The van der Waals surface area contributed by atoms with Gasteiger partial charge in [-0.2, -0.15) is 0 Å². The molecular weight excluding hydrogens is 320 g/mol. The maximum absolute atomic E-state index is 12.7. The number of aryl methyl sites for hydroxylation is 1. The molecule has 0 spiro atoms. The molecule has 1 aromatic carbocycles. The van der Waals surface area contributed by atoms with E-state index in [1.807, 2.05) is 36.1 Å². The van der Waals surface area contributed by atoms with Gasteiger partial charge in [0.05, 0.1) is 12.6 Å². The van der Waals surface area contributed by atoms with Gasteiger partial charge in [0.15, 0.2) is 5.82 Å². The Balaban J connectivity index is 1.37. The van der Waals surface area contributed by atoms with Crippen LogP contribution in [0.5, 0.6) is 5.75 Å². The third-order valence-electron chi connectivity index (χ3n) is 4.79. The molecule has 0 radical (unpaired) electrons. The summed E-state index contributed by atoms with van der Waals surface area (Å²) >= 11 is 0. The zero-order chi connectivity index (χ0) is 17.2. The molecule has 7 nitrogen and oxygen atoms in total. The summed E-state index contributed by atoms with van der Waals surface area (Å²) in [6.45, 7) is 5.23. The Bertz CT molecular complexity index is 750. The number of carbonyl (C=O) groups excluding carboxylic acids is 1. The summed E-state index contributed by atoms with van der Waals surface area (Å²) in [6.07, 6.45) is 2.34. The first kappa shape index (κ1) is 16.1. The number of aromatic nitrogens is 3. The number of nitrogens with zero attached hydrogens (tertiary/aromatic N) is 4. The largest absolute Gasteiger partial charge is 0.491 e. The average Bonchev–Trinajstić information content (AvgIpc) is 3.30. The Labute approximate surface area is 146 Å². The van der Waals surface area contributed by atoms with Gasteiger partial charge in [-0.15, -0.1) is 10.2 Å². The van der Waals surface area contributed by atoms with Gasteiger partial charge in [0.25, 0.3) is 5.91 Å². The van der Waals surface area contributed by atoms with Crippen molar-refractivity contribution < 1.29 is 14.3 Å². The normalized spacial score (nSPS) is 19.7. The fourth-order valence-electron chi connectivity index (χ4n) is 3.32. The Morgan fingerprint density at radius 1 is 1.28 bits per heavy atom. The Morgan fingerprint density at radius 2 is 2.12 bits per heavy atom. The highest BCUT2D eigenvalue weighted by atomic mass is 16.5. The first-order valence-electron chi connectivity index (χ1n) is 8.73. The fraction of sp³-hybridized carbons (Fsp3) is 0.500. The number of fused-ring (bicyclic) bond motifs is 1. The monoisotopic (exact) mass is 342 g/mol. The van der Waals surface area contributed by atoms with E-state index in [1.165, 1.54) is 0 Å². The predicted molar refractivity (Wildman–Crippen MR) is 90.4 cm³/mol. The minimum Gasteiger partial charge on any atom is -0.491 e. The number of benzene rings is 1. The van der Waals surface area contributed by atoms with Crippen molar-refractivity contribution in [2.45, 2.75) is 39.0 Å². The van der Waals surface area contributed by atoms with Crippen LogP contribution in [0.4, 0.5) is 0 Å². The molecule has 1 fully saturated rings. The molecule has 25 heavy (non-hydrogen) atoms. The highest BCUT2D eigenvalue weighted by molar-refractivity contribution is 5.94. The van der Waals surface area contributed by atoms with Crippen LogP contribution >= 0.6 is 0 Å². The number of amides is 1. The van der Waals surface area contributed by atoms with E-state index < -0.39 is 0 Å². The SMILES string of the molecule is Cc1nnc2n1CCN(C(=O)c1ccc(OC[C@@H]3CCCO3)cc1)C2. The quantitative estimate of drug-likeness (QED) is 0.847. The van der Waals surface area contributed by atoms with Gasteiger partial charge >= 0.3 is 0 Å². The predicted octanol–water partition coefficient (Wildman–Crippen LogP) is 1.80. The zero-order valence-corrected chi connectivity index (χ0v) is 14.4. The Kier molecular flexibility index (Phi) is 4.40. The van der Waals surface area contributed by atoms with E-state index in [4.69, 9.17) is 9.47 Å². The first-order chi connectivity index (χ1) is 12.2. The minimum absolute atomic E-state index is 0.0116. The molecule has 2 aromatic rings. The fourth-order valence-corrected chi connectivity index (χ4v) is 3.32. The van der Waals surface area contributed by atoms with Gasteiger partial charge in [-0.1, -0.05) is 0 Å². The molecule has 0 bridgehead atoms. The van der Waals surface area contributed by atoms with Crippen LogP contribution in [0.3, 0.4) is 0 Å². The smallest absolute Gasteiger partial charge is 0.254 e. The van der Waals surface area contributed by atoms with E-state index >= 15 is 0 Å². The van der Waals surface area contributed by atoms with Crippen LogP contribution in [0.15, 0.2) is 24.3 Å². The number of carbonyl (C=O) groups is 1. The minimum atomic E-state index is 0.0116. The van der Waals surface area contributed by atoms with Gasteiger partial charge < -0.3 is 18.9 Å². The van der Waals surface area contributed by atoms with E-state index in [2.05, 4.69) is 14.8 Å². The van der Waals surface area contributed by atoms with Crippen molar-refractivity contribution in [3.05, 3.63) is 41.5 Å². The van der Waals surface area contributed by atoms with Crippen molar-refractivity contribution in [2.75, 3.05) is 19.8 Å². The molecule has 0 unspecified atom stereocenters. The van der Waals surface area contributed by atoms with Crippen LogP contribution in [0.2, 0.25) is 0 Å². The molecule has 1 amide bonds.